The zero-order valence-corrected chi connectivity index (χ0v) is 11.3. The van der Waals surface area contributed by atoms with Gasteiger partial charge in [-0.2, -0.15) is 0 Å². The topological polar surface area (TPSA) is 80.0 Å². The molecule has 0 atom stereocenters. The fourth-order valence-corrected chi connectivity index (χ4v) is 1.64. The Kier molecular flexibility index (Phi) is 3.53. The zero-order valence-electron chi connectivity index (χ0n) is 11.3. The molecule has 0 aliphatic rings. The normalized spacial score (nSPS) is 11.9. The van der Waals surface area contributed by atoms with E-state index < -0.39 is 5.97 Å². The van der Waals surface area contributed by atoms with Gasteiger partial charge >= 0.3 is 5.97 Å². The van der Waals surface area contributed by atoms with Gasteiger partial charge in [-0.1, -0.05) is 12.1 Å². The Hall–Kier alpha value is -1.95. The molecule has 2 rings (SSSR count). The molecule has 2 aromatic rings. The molecule has 0 unspecified atom stereocenters. The average Bonchev–Trinajstić information content (AvgIpc) is 2.78. The predicted molar refractivity (Wildman–Crippen MR) is 72.0 cm³/mol. The summed E-state index contributed by atoms with van der Waals surface area (Å²) in [5.41, 5.74) is 1.67. The average molecular weight is 262 g/mol. The maximum Gasteiger partial charge on any atom is 0.335 e. The molecule has 0 saturated carbocycles. The van der Waals surface area contributed by atoms with Crippen LogP contribution < -0.4 is 5.32 Å². The Morgan fingerprint density at radius 1 is 1.47 bits per heavy atom. The molecule has 0 radical (unpaired) electrons. The van der Waals surface area contributed by atoms with Crippen molar-refractivity contribution >= 4 is 17.0 Å². The van der Waals surface area contributed by atoms with Crippen molar-refractivity contribution in [3.63, 3.8) is 0 Å². The molecule has 19 heavy (non-hydrogen) atoms. The van der Waals surface area contributed by atoms with Crippen LogP contribution in [0.1, 0.15) is 37.6 Å². The van der Waals surface area contributed by atoms with Gasteiger partial charge in [-0.25, -0.2) is 9.48 Å². The number of rotatable bonds is 5. The summed E-state index contributed by atoms with van der Waals surface area (Å²) >= 11 is 0. The summed E-state index contributed by atoms with van der Waals surface area (Å²) < 4.78 is 1.73. The van der Waals surface area contributed by atoms with Crippen LogP contribution >= 0.6 is 0 Å². The van der Waals surface area contributed by atoms with E-state index in [1.54, 1.807) is 16.8 Å². The summed E-state index contributed by atoms with van der Waals surface area (Å²) in [7, 11) is 0. The van der Waals surface area contributed by atoms with E-state index >= 15 is 0 Å². The highest BCUT2D eigenvalue weighted by Gasteiger charge is 2.15. The summed E-state index contributed by atoms with van der Waals surface area (Å²) in [6.07, 6.45) is 1.00. The van der Waals surface area contributed by atoms with Gasteiger partial charge in [0.05, 0.1) is 17.7 Å². The van der Waals surface area contributed by atoms with Gasteiger partial charge < -0.3 is 5.11 Å². The van der Waals surface area contributed by atoms with Crippen molar-refractivity contribution < 1.29 is 9.90 Å². The highest BCUT2D eigenvalue weighted by molar-refractivity contribution is 5.92. The maximum atomic E-state index is 10.9. The second-order valence-electron chi connectivity index (χ2n) is 5.17. The van der Waals surface area contributed by atoms with Gasteiger partial charge in [0, 0.05) is 5.54 Å². The lowest BCUT2D eigenvalue weighted by Gasteiger charge is -2.24. The minimum absolute atomic E-state index is 0.0271. The summed E-state index contributed by atoms with van der Waals surface area (Å²) in [5, 5.41) is 20.4. The predicted octanol–water partition coefficient (Wildman–Crippen LogP) is 1.87. The van der Waals surface area contributed by atoms with Crippen molar-refractivity contribution in [3.8, 4) is 0 Å². The van der Waals surface area contributed by atoms with E-state index in [2.05, 4.69) is 36.4 Å². The number of benzene rings is 1. The first kappa shape index (κ1) is 13.5. The largest absolute Gasteiger partial charge is 0.478 e. The van der Waals surface area contributed by atoms with Crippen LogP contribution in [0.2, 0.25) is 0 Å². The smallest absolute Gasteiger partial charge is 0.335 e. The van der Waals surface area contributed by atoms with Crippen LogP contribution in [-0.4, -0.2) is 31.6 Å². The molecule has 1 aromatic heterocycles. The van der Waals surface area contributed by atoms with Crippen LogP contribution in [0.25, 0.3) is 11.0 Å². The second-order valence-corrected chi connectivity index (χ2v) is 5.17. The van der Waals surface area contributed by atoms with E-state index in [0.717, 1.165) is 11.9 Å². The van der Waals surface area contributed by atoms with E-state index in [0.29, 0.717) is 12.2 Å². The molecule has 0 amide bonds. The van der Waals surface area contributed by atoms with Crippen molar-refractivity contribution in [2.75, 3.05) is 0 Å². The molecule has 1 aromatic carbocycles. The first-order chi connectivity index (χ1) is 8.93. The van der Waals surface area contributed by atoms with Crippen molar-refractivity contribution in [2.45, 2.75) is 39.4 Å². The molecule has 0 bridgehead atoms. The quantitative estimate of drug-likeness (QED) is 0.859. The summed E-state index contributed by atoms with van der Waals surface area (Å²) in [6, 6.07) is 4.83. The summed E-state index contributed by atoms with van der Waals surface area (Å²) in [4.78, 5) is 10.9. The van der Waals surface area contributed by atoms with Gasteiger partial charge in [-0.05, 0) is 38.5 Å². The van der Waals surface area contributed by atoms with Gasteiger partial charge in [0.25, 0.3) is 0 Å². The maximum absolute atomic E-state index is 10.9. The fraction of sp³-hybridized carbons (Fsp3) is 0.462. The van der Waals surface area contributed by atoms with E-state index in [-0.39, 0.29) is 11.1 Å². The molecule has 6 heteroatoms. The number of hydrogen-bond donors (Lipinski definition) is 2. The molecule has 0 aliphatic heterocycles. The van der Waals surface area contributed by atoms with Gasteiger partial charge in [-0.3, -0.25) is 5.32 Å². The second kappa shape index (κ2) is 4.97. The molecule has 0 fully saturated rings. The molecule has 102 valence electrons. The van der Waals surface area contributed by atoms with E-state index in [1.807, 2.05) is 0 Å². The number of carboxylic acid groups (broad SMARTS) is 1. The molecule has 1 heterocycles. The SMILES string of the molecule is CCC(C)(C)NCn1nnc2cc(C(=O)O)ccc21. The monoisotopic (exact) mass is 262 g/mol. The molecule has 0 aliphatic carbocycles. The minimum Gasteiger partial charge on any atom is -0.478 e. The zero-order chi connectivity index (χ0) is 14.0. The Morgan fingerprint density at radius 3 is 2.84 bits per heavy atom. The van der Waals surface area contributed by atoms with Crippen LogP contribution in [0.3, 0.4) is 0 Å². The Balaban J connectivity index is 2.24. The van der Waals surface area contributed by atoms with Crippen LogP contribution in [0, 0.1) is 0 Å². The molecule has 2 N–H and O–H groups in total. The summed E-state index contributed by atoms with van der Waals surface area (Å²) in [6.45, 7) is 6.90. The first-order valence-electron chi connectivity index (χ1n) is 6.24. The van der Waals surface area contributed by atoms with E-state index in [4.69, 9.17) is 5.11 Å². The standard InChI is InChI=1S/C13H18N4O2/c1-4-13(2,3)14-8-17-11-6-5-9(12(18)19)7-10(11)15-16-17/h5-7,14H,4,8H2,1-3H3,(H,18,19). The van der Waals surface area contributed by atoms with Crippen LogP contribution in [-0.2, 0) is 6.67 Å². The number of hydrogen-bond acceptors (Lipinski definition) is 4. The Bertz CT molecular complexity index is 604. The third-order valence-electron chi connectivity index (χ3n) is 3.35. The van der Waals surface area contributed by atoms with Crippen LogP contribution in [0.5, 0.6) is 0 Å². The van der Waals surface area contributed by atoms with Crippen LogP contribution in [0.4, 0.5) is 0 Å². The Labute approximate surface area is 111 Å². The van der Waals surface area contributed by atoms with Crippen molar-refractivity contribution in [1.29, 1.82) is 0 Å². The van der Waals surface area contributed by atoms with E-state index in [1.165, 1.54) is 6.07 Å². The molecular weight excluding hydrogens is 244 g/mol. The molecule has 0 saturated heterocycles. The third kappa shape index (κ3) is 2.90. The highest BCUT2D eigenvalue weighted by Crippen LogP contribution is 2.14. The summed E-state index contributed by atoms with van der Waals surface area (Å²) in [5.74, 6) is -0.957. The number of nitrogens with one attached hydrogen (secondary N) is 1. The lowest BCUT2D eigenvalue weighted by Crippen LogP contribution is -2.39. The van der Waals surface area contributed by atoms with Gasteiger partial charge in [0.1, 0.15) is 5.52 Å². The van der Waals surface area contributed by atoms with Crippen molar-refractivity contribution in [1.82, 2.24) is 20.3 Å². The number of nitrogens with zero attached hydrogens (tertiary/aromatic N) is 3. The minimum atomic E-state index is -0.957. The Morgan fingerprint density at radius 2 is 2.21 bits per heavy atom. The lowest BCUT2D eigenvalue weighted by molar-refractivity contribution is 0.0697. The lowest BCUT2D eigenvalue weighted by atomic mass is 10.0. The number of aromatic carboxylic acids is 1. The molecular formula is C13H18N4O2. The van der Waals surface area contributed by atoms with E-state index in [9.17, 15) is 4.79 Å². The number of fused-ring (bicyclic) bond motifs is 1. The van der Waals surface area contributed by atoms with Crippen molar-refractivity contribution in [2.24, 2.45) is 0 Å². The number of carboxylic acids is 1. The first-order valence-corrected chi connectivity index (χ1v) is 6.24. The molecule has 0 spiro atoms. The van der Waals surface area contributed by atoms with Gasteiger partial charge in [0.2, 0.25) is 0 Å². The highest BCUT2D eigenvalue weighted by atomic mass is 16.4. The van der Waals surface area contributed by atoms with Gasteiger partial charge in [-0.15, -0.1) is 5.10 Å². The fourth-order valence-electron chi connectivity index (χ4n) is 1.64. The number of carbonyl (C=O) groups is 1. The third-order valence-corrected chi connectivity index (χ3v) is 3.35. The molecule has 6 nitrogen and oxygen atoms in total. The van der Waals surface area contributed by atoms with Gasteiger partial charge in [0.15, 0.2) is 0 Å². The number of aromatic nitrogens is 3. The van der Waals surface area contributed by atoms with Crippen LogP contribution in [0.15, 0.2) is 18.2 Å². The van der Waals surface area contributed by atoms with Crippen molar-refractivity contribution in [3.05, 3.63) is 23.8 Å².